The molecule has 0 bridgehead atoms. The van der Waals surface area contributed by atoms with E-state index < -0.39 is 0 Å². The monoisotopic (exact) mass is 262 g/mol. The molecule has 1 aliphatic heterocycles. The fourth-order valence-electron chi connectivity index (χ4n) is 2.56. The van der Waals surface area contributed by atoms with Gasteiger partial charge in [-0.15, -0.1) is 0 Å². The standard InChI is InChI=1S/C15H22N2O2/c1-3-17-11-7-10-14(17)16(2)15(18)19-12-13-8-5-4-6-9-13/h4-6,8-9,14H,3,7,10-12H2,1-2H3/t14-/m1/s1. The van der Waals surface area contributed by atoms with E-state index in [1.54, 1.807) is 4.90 Å². The molecule has 2 rings (SSSR count). The minimum atomic E-state index is -0.241. The first-order valence-electron chi connectivity index (χ1n) is 6.90. The first-order valence-corrected chi connectivity index (χ1v) is 6.90. The van der Waals surface area contributed by atoms with Crippen LogP contribution >= 0.6 is 0 Å². The Hall–Kier alpha value is -1.55. The zero-order valence-corrected chi connectivity index (χ0v) is 11.7. The van der Waals surface area contributed by atoms with E-state index >= 15 is 0 Å². The molecule has 1 aliphatic rings. The van der Waals surface area contributed by atoms with Gasteiger partial charge in [0.15, 0.2) is 0 Å². The van der Waals surface area contributed by atoms with E-state index in [9.17, 15) is 4.79 Å². The van der Waals surface area contributed by atoms with Crippen LogP contribution in [0, 0.1) is 0 Å². The molecule has 1 saturated heterocycles. The molecule has 1 atom stereocenters. The summed E-state index contributed by atoms with van der Waals surface area (Å²) in [4.78, 5) is 16.1. The maximum absolute atomic E-state index is 12.0. The zero-order chi connectivity index (χ0) is 13.7. The van der Waals surface area contributed by atoms with Crippen LogP contribution in [-0.4, -0.2) is 42.2 Å². The van der Waals surface area contributed by atoms with Crippen molar-refractivity contribution in [1.29, 1.82) is 0 Å². The lowest BCUT2D eigenvalue weighted by Gasteiger charge is -2.30. The largest absolute Gasteiger partial charge is 0.445 e. The average Bonchev–Trinajstić information content (AvgIpc) is 2.93. The summed E-state index contributed by atoms with van der Waals surface area (Å²) in [7, 11) is 1.83. The smallest absolute Gasteiger partial charge is 0.411 e. The van der Waals surface area contributed by atoms with Gasteiger partial charge in [0.25, 0.3) is 0 Å². The minimum absolute atomic E-state index is 0.188. The summed E-state index contributed by atoms with van der Waals surface area (Å²) in [6.45, 7) is 4.50. The van der Waals surface area contributed by atoms with Crippen LogP contribution in [0.5, 0.6) is 0 Å². The number of carbonyl (C=O) groups is 1. The SMILES string of the molecule is CCN1CCC[C@@H]1N(C)C(=O)OCc1ccccc1. The Morgan fingerprint density at radius 3 is 2.84 bits per heavy atom. The van der Waals surface area contributed by atoms with Gasteiger partial charge in [0.2, 0.25) is 0 Å². The molecule has 1 heterocycles. The van der Waals surface area contributed by atoms with Crippen molar-refractivity contribution in [3.05, 3.63) is 35.9 Å². The molecule has 4 heteroatoms. The predicted octanol–water partition coefficient (Wildman–Crippen LogP) is 2.70. The van der Waals surface area contributed by atoms with Gasteiger partial charge in [-0.25, -0.2) is 4.79 Å². The van der Waals surface area contributed by atoms with Crippen molar-refractivity contribution >= 4 is 6.09 Å². The number of likely N-dealkylation sites (tertiary alicyclic amines) is 1. The lowest BCUT2D eigenvalue weighted by Crippen LogP contribution is -2.45. The highest BCUT2D eigenvalue weighted by atomic mass is 16.6. The highest BCUT2D eigenvalue weighted by Crippen LogP contribution is 2.20. The van der Waals surface area contributed by atoms with Gasteiger partial charge in [-0.3, -0.25) is 9.80 Å². The number of ether oxygens (including phenoxy) is 1. The number of carbonyl (C=O) groups excluding carboxylic acids is 1. The summed E-state index contributed by atoms with van der Waals surface area (Å²) in [6.07, 6.45) is 2.13. The van der Waals surface area contributed by atoms with E-state index in [0.717, 1.165) is 31.5 Å². The third kappa shape index (κ3) is 3.47. The van der Waals surface area contributed by atoms with Crippen LogP contribution in [-0.2, 0) is 11.3 Å². The number of rotatable bonds is 4. The second-order valence-electron chi connectivity index (χ2n) is 4.90. The highest BCUT2D eigenvalue weighted by molar-refractivity contribution is 5.67. The Morgan fingerprint density at radius 1 is 1.42 bits per heavy atom. The zero-order valence-electron chi connectivity index (χ0n) is 11.7. The first-order chi connectivity index (χ1) is 9.22. The van der Waals surface area contributed by atoms with Gasteiger partial charge in [0, 0.05) is 13.6 Å². The molecule has 0 saturated carbocycles. The molecule has 0 unspecified atom stereocenters. The van der Waals surface area contributed by atoms with Crippen molar-refractivity contribution < 1.29 is 9.53 Å². The number of amides is 1. The molecule has 1 aromatic rings. The summed E-state index contributed by atoms with van der Waals surface area (Å²) >= 11 is 0. The Kier molecular flexibility index (Phi) is 4.80. The van der Waals surface area contributed by atoms with E-state index in [4.69, 9.17) is 4.74 Å². The normalized spacial score (nSPS) is 19.4. The molecule has 0 radical (unpaired) electrons. The number of benzene rings is 1. The maximum Gasteiger partial charge on any atom is 0.411 e. The fraction of sp³-hybridized carbons (Fsp3) is 0.533. The van der Waals surface area contributed by atoms with Crippen LogP contribution in [0.15, 0.2) is 30.3 Å². The van der Waals surface area contributed by atoms with Gasteiger partial charge < -0.3 is 4.74 Å². The van der Waals surface area contributed by atoms with Crippen LogP contribution in [0.2, 0.25) is 0 Å². The van der Waals surface area contributed by atoms with E-state index in [1.807, 2.05) is 37.4 Å². The van der Waals surface area contributed by atoms with Gasteiger partial charge in [-0.2, -0.15) is 0 Å². The van der Waals surface area contributed by atoms with Crippen LogP contribution in [0.3, 0.4) is 0 Å². The van der Waals surface area contributed by atoms with Crippen molar-refractivity contribution in [1.82, 2.24) is 9.80 Å². The third-order valence-corrected chi connectivity index (χ3v) is 3.68. The predicted molar refractivity (Wildman–Crippen MR) is 74.7 cm³/mol. The van der Waals surface area contributed by atoms with Crippen molar-refractivity contribution in [2.24, 2.45) is 0 Å². The van der Waals surface area contributed by atoms with Crippen LogP contribution in [0.1, 0.15) is 25.3 Å². The van der Waals surface area contributed by atoms with Gasteiger partial charge in [0.1, 0.15) is 6.61 Å². The summed E-state index contributed by atoms with van der Waals surface area (Å²) in [6, 6.07) is 9.77. The quantitative estimate of drug-likeness (QED) is 0.836. The molecule has 19 heavy (non-hydrogen) atoms. The van der Waals surface area contributed by atoms with Crippen LogP contribution < -0.4 is 0 Å². The van der Waals surface area contributed by atoms with Crippen molar-refractivity contribution in [2.75, 3.05) is 20.1 Å². The fourth-order valence-corrected chi connectivity index (χ4v) is 2.56. The van der Waals surface area contributed by atoms with Crippen molar-refractivity contribution in [2.45, 2.75) is 32.5 Å². The highest BCUT2D eigenvalue weighted by Gasteiger charge is 2.30. The summed E-state index contributed by atoms with van der Waals surface area (Å²) < 4.78 is 5.36. The number of hydrogen-bond donors (Lipinski definition) is 0. The lowest BCUT2D eigenvalue weighted by atomic mass is 10.2. The molecule has 1 fully saturated rings. The van der Waals surface area contributed by atoms with E-state index in [-0.39, 0.29) is 12.3 Å². The Morgan fingerprint density at radius 2 is 2.16 bits per heavy atom. The molecule has 1 amide bonds. The maximum atomic E-state index is 12.0. The summed E-state index contributed by atoms with van der Waals surface area (Å²) in [5.74, 6) is 0. The van der Waals surface area contributed by atoms with E-state index in [2.05, 4.69) is 11.8 Å². The van der Waals surface area contributed by atoms with Gasteiger partial charge in [0.05, 0.1) is 6.17 Å². The number of nitrogens with zero attached hydrogens (tertiary/aromatic N) is 2. The average molecular weight is 262 g/mol. The molecule has 4 nitrogen and oxygen atoms in total. The minimum Gasteiger partial charge on any atom is -0.445 e. The summed E-state index contributed by atoms with van der Waals surface area (Å²) in [5.41, 5.74) is 1.02. The van der Waals surface area contributed by atoms with Crippen molar-refractivity contribution in [3.63, 3.8) is 0 Å². The van der Waals surface area contributed by atoms with Crippen LogP contribution in [0.4, 0.5) is 4.79 Å². The summed E-state index contributed by atoms with van der Waals surface area (Å²) in [5, 5.41) is 0. The van der Waals surface area contributed by atoms with Gasteiger partial charge in [-0.1, -0.05) is 37.3 Å². The Bertz CT molecular complexity index is 408. The van der Waals surface area contributed by atoms with Crippen molar-refractivity contribution in [3.8, 4) is 0 Å². The van der Waals surface area contributed by atoms with Gasteiger partial charge >= 0.3 is 6.09 Å². The van der Waals surface area contributed by atoms with E-state index in [0.29, 0.717) is 6.61 Å². The third-order valence-electron chi connectivity index (χ3n) is 3.68. The molecule has 0 N–H and O–H groups in total. The molecule has 0 aliphatic carbocycles. The Balaban J connectivity index is 1.85. The van der Waals surface area contributed by atoms with Gasteiger partial charge in [-0.05, 0) is 24.9 Å². The molecular formula is C15H22N2O2. The van der Waals surface area contributed by atoms with E-state index in [1.165, 1.54) is 0 Å². The molecule has 1 aromatic carbocycles. The second-order valence-corrected chi connectivity index (χ2v) is 4.90. The Labute approximate surface area is 115 Å². The topological polar surface area (TPSA) is 32.8 Å². The van der Waals surface area contributed by atoms with Crippen LogP contribution in [0.25, 0.3) is 0 Å². The first kappa shape index (κ1) is 13.9. The molecule has 104 valence electrons. The molecular weight excluding hydrogens is 240 g/mol. The second kappa shape index (κ2) is 6.57. The molecule has 0 spiro atoms. The number of hydrogen-bond acceptors (Lipinski definition) is 3. The lowest BCUT2D eigenvalue weighted by molar-refractivity contribution is 0.0567. The molecule has 0 aromatic heterocycles.